The maximum absolute atomic E-state index is 2.50. The number of hydrogen-bond acceptors (Lipinski definition) is 0. The first-order chi connectivity index (χ1) is 31.8. The van der Waals surface area contributed by atoms with Crippen LogP contribution in [0, 0.1) is 0 Å². The van der Waals surface area contributed by atoms with Crippen LogP contribution in [-0.4, -0.2) is 13.7 Å². The van der Waals surface area contributed by atoms with Gasteiger partial charge in [0.15, 0.2) is 0 Å². The second kappa shape index (κ2) is 14.5. The van der Waals surface area contributed by atoms with Gasteiger partial charge in [0, 0.05) is 69.0 Å². The molecule has 0 saturated carbocycles. The minimum Gasteiger partial charge on any atom is -0.309 e. The van der Waals surface area contributed by atoms with Crippen LogP contribution in [0.4, 0.5) is 0 Å². The minimum atomic E-state index is -2.07. The second-order valence-corrected chi connectivity index (χ2v) is 19.6. The molecule has 0 atom stereocenters. The van der Waals surface area contributed by atoms with Crippen LogP contribution in [0.25, 0.3) is 82.5 Å². The summed E-state index contributed by atoms with van der Waals surface area (Å²) in [6, 6.07) is 92.1. The smallest absolute Gasteiger partial charge is 0.0562 e. The van der Waals surface area contributed by atoms with Gasteiger partial charge in [0.2, 0.25) is 0 Å². The zero-order valence-corrected chi connectivity index (χ0v) is 35.7. The average Bonchev–Trinajstić information content (AvgIpc) is 4.00. The lowest BCUT2D eigenvalue weighted by atomic mass is 10.1. The molecule has 0 fully saturated rings. The summed E-state index contributed by atoms with van der Waals surface area (Å²) in [5, 5.41) is 7.49. The molecule has 4 heteroatoms. The van der Waals surface area contributed by atoms with Crippen LogP contribution in [0.3, 0.4) is 0 Å². The van der Waals surface area contributed by atoms with Gasteiger partial charge in [-0.1, -0.05) is 133 Å². The summed E-state index contributed by atoms with van der Waals surface area (Å²) in [6.07, 6.45) is 0. The van der Waals surface area contributed by atoms with Gasteiger partial charge in [-0.2, -0.15) is 0 Å². The summed E-state index contributed by atoms with van der Waals surface area (Å²) in [6.45, 7) is 0. The molecule has 3 nitrogen and oxygen atoms in total. The van der Waals surface area contributed by atoms with Crippen molar-refractivity contribution < 1.29 is 0 Å². The van der Waals surface area contributed by atoms with Gasteiger partial charge in [-0.05, 0) is 115 Å². The molecule has 0 N–H and O–H groups in total. The van der Waals surface area contributed by atoms with Crippen LogP contribution >= 0.6 is 10.0 Å². The van der Waals surface area contributed by atoms with Crippen molar-refractivity contribution in [2.45, 2.75) is 19.6 Å². The van der Waals surface area contributed by atoms with E-state index in [0.717, 1.165) is 17.1 Å². The van der Waals surface area contributed by atoms with Crippen molar-refractivity contribution in [1.82, 2.24) is 13.7 Å². The van der Waals surface area contributed by atoms with Crippen LogP contribution in [0.15, 0.2) is 268 Å². The Labute approximate surface area is 372 Å². The normalized spacial score (nSPS) is 12.3. The van der Waals surface area contributed by atoms with E-state index in [-0.39, 0.29) is 0 Å². The number of nitrogens with zero attached hydrogens (tertiary/aromatic N) is 3. The molecule has 64 heavy (non-hydrogen) atoms. The molecule has 302 valence electrons. The molecule has 3 heterocycles. The summed E-state index contributed by atoms with van der Waals surface area (Å²) in [7, 11) is -2.07. The van der Waals surface area contributed by atoms with Gasteiger partial charge in [-0.3, -0.25) is 0 Å². The molecule has 13 rings (SSSR count). The van der Waals surface area contributed by atoms with Crippen LogP contribution in [-0.2, 0) is 0 Å². The molecular weight excluding hydrogens is 795 g/mol. The molecule has 0 aliphatic heterocycles. The standard InChI is InChI=1S/C60H41N3S/c1-5-20-42(21-6-1)61-55-33-16-13-30-49(55)52-39-48(36-37-58(52)61)64(45-25-9-3-10-26-45,46-27-11-4-12-28-46)47-29-19-24-44(38-47)63-57-35-18-15-32-51(57)54-40-53-50-31-14-17-34-56(50)62(59(53)41-60(54)63)43-22-7-2-8-23-43/h1-41H. The lowest BCUT2D eigenvalue weighted by Gasteiger charge is -2.42. The maximum Gasteiger partial charge on any atom is 0.0562 e. The zero-order chi connectivity index (χ0) is 42.2. The highest BCUT2D eigenvalue weighted by atomic mass is 32.3. The minimum absolute atomic E-state index is 1.14. The largest absolute Gasteiger partial charge is 0.309 e. The van der Waals surface area contributed by atoms with Crippen molar-refractivity contribution in [2.75, 3.05) is 0 Å². The third-order valence-electron chi connectivity index (χ3n) is 13.1. The number of rotatable bonds is 7. The van der Waals surface area contributed by atoms with E-state index in [9.17, 15) is 0 Å². The third kappa shape index (κ3) is 5.36. The Morgan fingerprint density at radius 1 is 0.203 bits per heavy atom. The van der Waals surface area contributed by atoms with E-state index in [0.29, 0.717) is 0 Å². The van der Waals surface area contributed by atoms with Crippen molar-refractivity contribution in [3.63, 3.8) is 0 Å². The van der Waals surface area contributed by atoms with Gasteiger partial charge >= 0.3 is 0 Å². The first kappa shape index (κ1) is 36.6. The predicted molar refractivity (Wildman–Crippen MR) is 269 cm³/mol. The molecule has 0 spiro atoms. The van der Waals surface area contributed by atoms with E-state index in [1.165, 1.54) is 85.0 Å². The maximum atomic E-state index is 2.50. The van der Waals surface area contributed by atoms with Crippen molar-refractivity contribution in [3.8, 4) is 17.1 Å². The topological polar surface area (TPSA) is 14.8 Å². The molecule has 0 radical (unpaired) electrons. The Morgan fingerprint density at radius 3 is 1.08 bits per heavy atom. The van der Waals surface area contributed by atoms with E-state index in [4.69, 9.17) is 0 Å². The molecule has 3 aromatic heterocycles. The van der Waals surface area contributed by atoms with E-state index in [2.05, 4.69) is 262 Å². The first-order valence-electron chi connectivity index (χ1n) is 21.9. The van der Waals surface area contributed by atoms with Gasteiger partial charge in [-0.25, -0.2) is 0 Å². The Bertz CT molecular complexity index is 3840. The molecule has 0 saturated heterocycles. The van der Waals surface area contributed by atoms with Gasteiger partial charge in [0.1, 0.15) is 0 Å². The van der Waals surface area contributed by atoms with Gasteiger partial charge in [0.25, 0.3) is 0 Å². The number of para-hydroxylation sites is 5. The SMILES string of the molecule is c1ccc(-n2c3ccccc3c3cc(S(c4ccccc4)(c4ccccc4)c4cccc(-n5c6ccccc6c6cc7c8ccccc8n(-c8ccccc8)c7cc65)c4)ccc32)cc1. The van der Waals surface area contributed by atoms with Crippen LogP contribution in [0.1, 0.15) is 0 Å². The van der Waals surface area contributed by atoms with E-state index in [1.54, 1.807) is 0 Å². The summed E-state index contributed by atoms with van der Waals surface area (Å²) >= 11 is 0. The van der Waals surface area contributed by atoms with Crippen LogP contribution in [0.5, 0.6) is 0 Å². The lowest BCUT2D eigenvalue weighted by molar-refractivity contribution is 1.14. The highest BCUT2D eigenvalue weighted by Gasteiger charge is 2.34. The molecule has 13 aromatic rings. The van der Waals surface area contributed by atoms with Crippen molar-refractivity contribution >= 4 is 75.4 Å². The first-order valence-corrected chi connectivity index (χ1v) is 23.6. The van der Waals surface area contributed by atoms with E-state index in [1.807, 2.05) is 0 Å². The summed E-state index contributed by atoms with van der Waals surface area (Å²) in [5.41, 5.74) is 10.6. The van der Waals surface area contributed by atoms with Gasteiger partial charge in [-0.15, -0.1) is 10.0 Å². The number of fused-ring (bicyclic) bond motifs is 9. The fourth-order valence-electron chi connectivity index (χ4n) is 10.4. The summed E-state index contributed by atoms with van der Waals surface area (Å²) in [4.78, 5) is 5.15. The third-order valence-corrected chi connectivity index (χ3v) is 17.0. The number of benzene rings is 10. The molecule has 0 aliphatic rings. The quantitative estimate of drug-likeness (QED) is 0.152. The van der Waals surface area contributed by atoms with Gasteiger partial charge < -0.3 is 13.7 Å². The van der Waals surface area contributed by atoms with Crippen molar-refractivity contribution in [1.29, 1.82) is 0 Å². The van der Waals surface area contributed by atoms with Crippen molar-refractivity contribution in [2.24, 2.45) is 0 Å². The zero-order valence-electron chi connectivity index (χ0n) is 34.9. The van der Waals surface area contributed by atoms with Crippen molar-refractivity contribution in [3.05, 3.63) is 249 Å². The number of aromatic nitrogens is 3. The lowest BCUT2D eigenvalue weighted by Crippen LogP contribution is -2.06. The molecule has 0 unspecified atom stereocenters. The molecule has 0 bridgehead atoms. The van der Waals surface area contributed by atoms with Crippen LogP contribution < -0.4 is 0 Å². The highest BCUT2D eigenvalue weighted by molar-refractivity contribution is 8.34. The predicted octanol–water partition coefficient (Wildman–Crippen LogP) is 16.3. The summed E-state index contributed by atoms with van der Waals surface area (Å²) < 4.78 is 7.33. The number of hydrogen-bond donors (Lipinski definition) is 0. The Morgan fingerprint density at radius 2 is 0.562 bits per heavy atom. The summed E-state index contributed by atoms with van der Waals surface area (Å²) in [5.74, 6) is 0. The molecule has 0 amide bonds. The van der Waals surface area contributed by atoms with Gasteiger partial charge in [0.05, 0.1) is 33.1 Å². The molecular formula is C60H41N3S. The Hall–Kier alpha value is -8.05. The van der Waals surface area contributed by atoms with E-state index >= 15 is 0 Å². The molecule has 0 aliphatic carbocycles. The second-order valence-electron chi connectivity index (χ2n) is 16.5. The Balaban J connectivity index is 1.11. The Kier molecular flexibility index (Phi) is 8.30. The fourth-order valence-corrected chi connectivity index (χ4v) is 14.4. The molecule has 10 aromatic carbocycles. The highest BCUT2D eigenvalue weighted by Crippen LogP contribution is 2.74. The van der Waals surface area contributed by atoms with Crippen LogP contribution in [0.2, 0.25) is 0 Å². The monoisotopic (exact) mass is 835 g/mol. The average molecular weight is 836 g/mol. The fraction of sp³-hybridized carbons (Fsp3) is 0. The van der Waals surface area contributed by atoms with E-state index < -0.39 is 10.0 Å².